The average molecular weight is 895 g/mol. The van der Waals surface area contributed by atoms with E-state index >= 15 is 0 Å². The van der Waals surface area contributed by atoms with E-state index in [2.05, 4.69) is 38.2 Å². The fourth-order valence-corrected chi connectivity index (χ4v) is 8.16. The van der Waals surface area contributed by atoms with Crippen LogP contribution in [0.2, 0.25) is 0 Å². The zero-order valence-electron chi connectivity index (χ0n) is 40.6. The van der Waals surface area contributed by atoms with Gasteiger partial charge in [0.2, 0.25) is 0 Å². The lowest BCUT2D eigenvalue weighted by Gasteiger charge is -2.39. The topological polar surface area (TPSA) is 152 Å². The number of rotatable bonds is 45. The Morgan fingerprint density at radius 2 is 0.889 bits per heavy atom. The van der Waals surface area contributed by atoms with Gasteiger partial charge in [-0.25, -0.2) is 0 Å². The van der Waals surface area contributed by atoms with Gasteiger partial charge >= 0.3 is 11.9 Å². The van der Waals surface area contributed by atoms with Crippen LogP contribution in [0.4, 0.5) is 0 Å². The molecule has 0 aromatic heterocycles. The van der Waals surface area contributed by atoms with E-state index in [0.717, 1.165) is 44.9 Å². The van der Waals surface area contributed by atoms with Gasteiger partial charge in [-0.05, 0) is 44.9 Å². The van der Waals surface area contributed by atoms with E-state index in [0.29, 0.717) is 12.8 Å². The monoisotopic (exact) mass is 895 g/mol. The van der Waals surface area contributed by atoms with Crippen molar-refractivity contribution in [3.05, 3.63) is 24.3 Å². The number of aliphatic hydroxyl groups is 4. The Balaban J connectivity index is 2.23. The van der Waals surface area contributed by atoms with Crippen LogP contribution in [0.1, 0.15) is 245 Å². The van der Waals surface area contributed by atoms with Gasteiger partial charge in [0.25, 0.3) is 0 Å². The first-order chi connectivity index (χ1) is 30.8. The van der Waals surface area contributed by atoms with Crippen molar-refractivity contribution in [1.29, 1.82) is 0 Å². The van der Waals surface area contributed by atoms with Gasteiger partial charge in [-0.15, -0.1) is 0 Å². The second-order valence-corrected chi connectivity index (χ2v) is 18.3. The van der Waals surface area contributed by atoms with Gasteiger partial charge in [-0.2, -0.15) is 0 Å². The minimum atomic E-state index is -1.60. The quantitative estimate of drug-likeness (QED) is 0.0264. The summed E-state index contributed by atoms with van der Waals surface area (Å²) < 4.78 is 22.2. The number of aliphatic hydroxyl groups excluding tert-OH is 4. The van der Waals surface area contributed by atoms with Crippen LogP contribution in [0.15, 0.2) is 24.3 Å². The summed E-state index contributed by atoms with van der Waals surface area (Å²) in [5.74, 6) is -0.832. The van der Waals surface area contributed by atoms with Gasteiger partial charge in [0, 0.05) is 12.8 Å². The van der Waals surface area contributed by atoms with Gasteiger partial charge in [0.1, 0.15) is 31.0 Å². The van der Waals surface area contributed by atoms with E-state index < -0.39 is 55.4 Å². The lowest BCUT2D eigenvalue weighted by Crippen LogP contribution is -2.59. The van der Waals surface area contributed by atoms with Crippen LogP contribution in [0.5, 0.6) is 0 Å². The zero-order chi connectivity index (χ0) is 45.9. The Bertz CT molecular complexity index is 1080. The largest absolute Gasteiger partial charge is 0.462 e. The smallest absolute Gasteiger partial charge is 0.306 e. The molecule has 0 aromatic carbocycles. The summed E-state index contributed by atoms with van der Waals surface area (Å²) in [5, 5.41) is 40.2. The van der Waals surface area contributed by atoms with Crippen molar-refractivity contribution in [3.63, 3.8) is 0 Å². The summed E-state index contributed by atoms with van der Waals surface area (Å²) in [5.41, 5.74) is 0. The highest BCUT2D eigenvalue weighted by molar-refractivity contribution is 5.70. The predicted octanol–water partition coefficient (Wildman–Crippen LogP) is 12.5. The first-order valence-corrected chi connectivity index (χ1v) is 26.4. The summed E-state index contributed by atoms with van der Waals surface area (Å²) in [7, 11) is 0. The van der Waals surface area contributed by atoms with Crippen LogP contribution < -0.4 is 0 Å². The summed E-state index contributed by atoms with van der Waals surface area (Å²) in [6.45, 7) is 3.42. The maximum atomic E-state index is 12.8. The zero-order valence-corrected chi connectivity index (χ0v) is 40.6. The Morgan fingerprint density at radius 1 is 0.492 bits per heavy atom. The van der Waals surface area contributed by atoms with E-state index in [-0.39, 0.29) is 26.1 Å². The maximum Gasteiger partial charge on any atom is 0.306 e. The summed E-state index contributed by atoms with van der Waals surface area (Å²) >= 11 is 0. The van der Waals surface area contributed by atoms with E-state index in [9.17, 15) is 30.0 Å². The molecular weight excluding hydrogens is 797 g/mol. The van der Waals surface area contributed by atoms with Crippen LogP contribution in [-0.4, -0.2) is 89.0 Å². The van der Waals surface area contributed by atoms with Gasteiger partial charge in [-0.3, -0.25) is 9.59 Å². The molecule has 10 nitrogen and oxygen atoms in total. The van der Waals surface area contributed by atoms with Crippen molar-refractivity contribution >= 4 is 11.9 Å². The Morgan fingerprint density at radius 3 is 1.35 bits per heavy atom. The van der Waals surface area contributed by atoms with Crippen molar-refractivity contribution in [2.24, 2.45) is 0 Å². The molecule has 2 unspecified atom stereocenters. The maximum absolute atomic E-state index is 12.8. The van der Waals surface area contributed by atoms with Gasteiger partial charge in [0.05, 0.1) is 13.2 Å². The molecule has 6 atom stereocenters. The number of unbranched alkanes of at least 4 members (excludes halogenated alkanes) is 30. The van der Waals surface area contributed by atoms with Gasteiger partial charge in [-0.1, -0.05) is 212 Å². The van der Waals surface area contributed by atoms with Crippen LogP contribution in [-0.2, 0) is 28.5 Å². The number of hydrogen-bond acceptors (Lipinski definition) is 10. The molecule has 1 fully saturated rings. The van der Waals surface area contributed by atoms with E-state index in [1.165, 1.54) is 161 Å². The van der Waals surface area contributed by atoms with Crippen molar-refractivity contribution in [1.82, 2.24) is 0 Å². The molecule has 0 aromatic rings. The Hall–Kier alpha value is -1.82. The fraction of sp³-hybridized carbons (Fsp3) is 0.887. The molecule has 0 saturated carbocycles. The molecule has 0 radical (unpaired) electrons. The highest BCUT2D eigenvalue weighted by Crippen LogP contribution is 2.23. The number of hydrogen-bond donors (Lipinski definition) is 4. The number of carbonyl (C=O) groups is 2. The van der Waals surface area contributed by atoms with Crippen LogP contribution >= 0.6 is 0 Å². The van der Waals surface area contributed by atoms with E-state index in [1.807, 2.05) is 0 Å². The molecule has 0 aliphatic carbocycles. The van der Waals surface area contributed by atoms with Gasteiger partial charge < -0.3 is 39.4 Å². The fourth-order valence-electron chi connectivity index (χ4n) is 8.16. The van der Waals surface area contributed by atoms with Crippen molar-refractivity contribution < 1.29 is 49.0 Å². The Labute approximate surface area is 385 Å². The normalized spacial score (nSPS) is 19.6. The molecule has 1 heterocycles. The molecular formula is C53H98O10. The minimum Gasteiger partial charge on any atom is -0.462 e. The number of esters is 2. The molecule has 1 aliphatic heterocycles. The highest BCUT2D eigenvalue weighted by atomic mass is 16.7. The minimum absolute atomic E-state index is 0.228. The summed E-state index contributed by atoms with van der Waals surface area (Å²) in [6, 6.07) is 0. The average Bonchev–Trinajstić information content (AvgIpc) is 3.28. The number of allylic oxidation sites excluding steroid dienone is 4. The number of ether oxygens (including phenoxy) is 4. The predicted molar refractivity (Wildman–Crippen MR) is 256 cm³/mol. The van der Waals surface area contributed by atoms with Crippen molar-refractivity contribution in [2.45, 2.75) is 282 Å². The summed E-state index contributed by atoms with van der Waals surface area (Å²) in [6.07, 6.45) is 43.4. The molecule has 4 N–H and O–H groups in total. The molecule has 63 heavy (non-hydrogen) atoms. The molecule has 1 saturated heterocycles. The molecule has 10 heteroatoms. The van der Waals surface area contributed by atoms with Crippen LogP contribution in [0.3, 0.4) is 0 Å². The third-order valence-electron chi connectivity index (χ3n) is 12.3. The summed E-state index contributed by atoms with van der Waals surface area (Å²) in [4.78, 5) is 25.4. The third kappa shape index (κ3) is 35.1. The Kier molecular flexibility index (Phi) is 41.4. The molecule has 0 spiro atoms. The van der Waals surface area contributed by atoms with Crippen molar-refractivity contribution in [2.75, 3.05) is 19.8 Å². The first-order valence-electron chi connectivity index (χ1n) is 26.4. The molecule has 0 amide bonds. The van der Waals surface area contributed by atoms with Crippen LogP contribution in [0.25, 0.3) is 0 Å². The standard InChI is InChI=1S/C53H98O10/c1-3-5-7-9-11-13-15-17-19-20-21-22-23-24-25-26-28-30-32-34-36-38-40-42-49(56)62-46(45-61-53-52(59)51(58)50(57)47(43-54)63-53)44-60-48(55)41-39-37-35-33-31-29-27-18-16-14-12-10-8-6-4-2/h18,27,31,33,46-47,50-54,57-59H,3-17,19-26,28-30,32,34-45H2,1-2H3/b27-18+,33-31+/t46-,47-,50+,51?,52?,53-/m1/s1. The number of carbonyl (C=O) groups excluding carboxylic acids is 2. The second-order valence-electron chi connectivity index (χ2n) is 18.3. The van der Waals surface area contributed by atoms with E-state index in [1.54, 1.807) is 0 Å². The van der Waals surface area contributed by atoms with E-state index in [4.69, 9.17) is 18.9 Å². The molecule has 0 bridgehead atoms. The highest BCUT2D eigenvalue weighted by Gasteiger charge is 2.44. The second kappa shape index (κ2) is 44.0. The third-order valence-corrected chi connectivity index (χ3v) is 12.3. The SMILES string of the molecule is CCCCCCCC/C=C/C/C=C/CCCCC(=O)OC[C@H](CO[C@@H]1O[C@H](CO)[C@H](O)C(O)C1O)OC(=O)CCCCCCCCCCCCCCCCCCCCCCCCC. The first kappa shape index (κ1) is 59.2. The molecule has 1 rings (SSSR count). The molecule has 1 aliphatic rings. The van der Waals surface area contributed by atoms with Gasteiger partial charge in [0.15, 0.2) is 12.4 Å². The lowest BCUT2D eigenvalue weighted by molar-refractivity contribution is -0.305. The van der Waals surface area contributed by atoms with Crippen LogP contribution in [0, 0.1) is 0 Å². The lowest BCUT2D eigenvalue weighted by atomic mass is 9.99. The van der Waals surface area contributed by atoms with Crippen molar-refractivity contribution in [3.8, 4) is 0 Å². The molecule has 370 valence electrons.